The molecule has 108 valence electrons. The van der Waals surface area contributed by atoms with Crippen molar-refractivity contribution in [3.8, 4) is 0 Å². The molecule has 1 aromatic carbocycles. The molecule has 2 heteroatoms. The highest BCUT2D eigenvalue weighted by Gasteiger charge is 2.13. The van der Waals surface area contributed by atoms with E-state index in [2.05, 4.69) is 63.5 Å². The highest BCUT2D eigenvalue weighted by Crippen LogP contribution is 2.22. The van der Waals surface area contributed by atoms with Crippen LogP contribution in [-0.4, -0.2) is 24.6 Å². The van der Waals surface area contributed by atoms with Gasteiger partial charge in [-0.15, -0.1) is 0 Å². The summed E-state index contributed by atoms with van der Waals surface area (Å²) in [7, 11) is 0. The first kappa shape index (κ1) is 16.6. The van der Waals surface area contributed by atoms with Crippen LogP contribution < -0.4 is 5.32 Å². The molecule has 19 heavy (non-hydrogen) atoms. The van der Waals surface area contributed by atoms with Crippen LogP contribution in [0, 0.1) is 0 Å². The van der Waals surface area contributed by atoms with Gasteiger partial charge in [0.25, 0.3) is 0 Å². The second-order valence-corrected chi connectivity index (χ2v) is 7.17. The average molecular weight is 279 g/mol. The molecule has 0 radical (unpaired) electrons. The van der Waals surface area contributed by atoms with Crippen LogP contribution in [-0.2, 0) is 11.8 Å². The van der Waals surface area contributed by atoms with E-state index in [1.165, 1.54) is 23.3 Å². The standard InChI is InChI=1S/C17H29NS/c1-6-11-18-16(13-19-5)12-14-7-9-15(10-8-14)17(2,3)4/h7-10,16,18H,6,11-13H2,1-5H3. The molecule has 1 nitrogen and oxygen atoms in total. The number of hydrogen-bond donors (Lipinski definition) is 1. The number of thioether (sulfide) groups is 1. The Morgan fingerprint density at radius 1 is 1.16 bits per heavy atom. The quantitative estimate of drug-likeness (QED) is 0.800. The lowest BCUT2D eigenvalue weighted by Crippen LogP contribution is -2.34. The van der Waals surface area contributed by atoms with Gasteiger partial charge in [-0.05, 0) is 42.2 Å². The molecule has 0 aromatic heterocycles. The van der Waals surface area contributed by atoms with Gasteiger partial charge in [-0.25, -0.2) is 0 Å². The summed E-state index contributed by atoms with van der Waals surface area (Å²) in [4.78, 5) is 0. The second kappa shape index (κ2) is 7.96. The van der Waals surface area contributed by atoms with Crippen LogP contribution in [0.3, 0.4) is 0 Å². The maximum atomic E-state index is 3.64. The van der Waals surface area contributed by atoms with Crippen LogP contribution in [0.2, 0.25) is 0 Å². The SMILES string of the molecule is CCCNC(CSC)Cc1ccc(C(C)(C)C)cc1. The maximum absolute atomic E-state index is 3.64. The van der Waals surface area contributed by atoms with E-state index in [9.17, 15) is 0 Å². The summed E-state index contributed by atoms with van der Waals surface area (Å²) in [5, 5.41) is 3.64. The van der Waals surface area contributed by atoms with E-state index in [0.29, 0.717) is 6.04 Å². The van der Waals surface area contributed by atoms with Gasteiger partial charge < -0.3 is 5.32 Å². The van der Waals surface area contributed by atoms with Gasteiger partial charge in [-0.2, -0.15) is 11.8 Å². The van der Waals surface area contributed by atoms with E-state index >= 15 is 0 Å². The van der Waals surface area contributed by atoms with Crippen molar-refractivity contribution in [2.75, 3.05) is 18.6 Å². The van der Waals surface area contributed by atoms with E-state index in [0.717, 1.165) is 13.0 Å². The first-order valence-corrected chi connectivity index (χ1v) is 8.68. The molecule has 0 bridgehead atoms. The van der Waals surface area contributed by atoms with Gasteiger partial charge in [0.15, 0.2) is 0 Å². The molecule has 1 N–H and O–H groups in total. The van der Waals surface area contributed by atoms with Crippen molar-refractivity contribution in [1.82, 2.24) is 5.32 Å². The Morgan fingerprint density at radius 3 is 2.26 bits per heavy atom. The van der Waals surface area contributed by atoms with Crippen LogP contribution in [0.1, 0.15) is 45.2 Å². The van der Waals surface area contributed by atoms with Crippen molar-refractivity contribution in [3.05, 3.63) is 35.4 Å². The van der Waals surface area contributed by atoms with Crippen LogP contribution in [0.5, 0.6) is 0 Å². The number of benzene rings is 1. The second-order valence-electron chi connectivity index (χ2n) is 6.26. The summed E-state index contributed by atoms with van der Waals surface area (Å²) < 4.78 is 0. The largest absolute Gasteiger partial charge is 0.313 e. The Kier molecular flexibility index (Phi) is 6.95. The van der Waals surface area contributed by atoms with E-state index in [1.54, 1.807) is 0 Å². The van der Waals surface area contributed by atoms with Crippen molar-refractivity contribution >= 4 is 11.8 Å². The molecule has 1 rings (SSSR count). The fourth-order valence-electron chi connectivity index (χ4n) is 2.17. The third-order valence-electron chi connectivity index (χ3n) is 3.35. The Labute approximate surface area is 123 Å². The lowest BCUT2D eigenvalue weighted by atomic mass is 9.86. The predicted molar refractivity (Wildman–Crippen MR) is 89.3 cm³/mol. The smallest absolute Gasteiger partial charge is 0.0198 e. The molecule has 1 atom stereocenters. The molecule has 1 aromatic rings. The normalized spacial score (nSPS) is 13.5. The average Bonchev–Trinajstić information content (AvgIpc) is 2.36. The van der Waals surface area contributed by atoms with E-state index in [4.69, 9.17) is 0 Å². The zero-order valence-corrected chi connectivity index (χ0v) is 13.9. The van der Waals surface area contributed by atoms with Crippen molar-refractivity contribution in [2.24, 2.45) is 0 Å². The van der Waals surface area contributed by atoms with Gasteiger partial charge in [0.05, 0.1) is 0 Å². The van der Waals surface area contributed by atoms with Gasteiger partial charge in [0.2, 0.25) is 0 Å². The molecular formula is C17H29NS. The van der Waals surface area contributed by atoms with Crippen LogP contribution in [0.4, 0.5) is 0 Å². The van der Waals surface area contributed by atoms with Gasteiger partial charge in [-0.1, -0.05) is 52.0 Å². The third-order valence-corrected chi connectivity index (χ3v) is 4.09. The third kappa shape index (κ3) is 6.01. The highest BCUT2D eigenvalue weighted by atomic mass is 32.2. The minimum atomic E-state index is 0.248. The minimum absolute atomic E-state index is 0.248. The summed E-state index contributed by atoms with van der Waals surface area (Å²) in [6.45, 7) is 10.1. The number of hydrogen-bond acceptors (Lipinski definition) is 2. The van der Waals surface area contributed by atoms with E-state index in [-0.39, 0.29) is 5.41 Å². The number of rotatable bonds is 7. The summed E-state index contributed by atoms with van der Waals surface area (Å²) in [6, 6.07) is 9.75. The summed E-state index contributed by atoms with van der Waals surface area (Å²) in [5.74, 6) is 1.18. The monoisotopic (exact) mass is 279 g/mol. The molecule has 0 aliphatic rings. The Bertz CT molecular complexity index is 351. The summed E-state index contributed by atoms with van der Waals surface area (Å²) >= 11 is 1.92. The highest BCUT2D eigenvalue weighted by molar-refractivity contribution is 7.98. The molecule has 1 unspecified atom stereocenters. The lowest BCUT2D eigenvalue weighted by molar-refractivity contribution is 0.549. The fraction of sp³-hybridized carbons (Fsp3) is 0.647. The Morgan fingerprint density at radius 2 is 1.79 bits per heavy atom. The molecule has 0 heterocycles. The van der Waals surface area contributed by atoms with Crippen molar-refractivity contribution in [2.45, 2.75) is 52.0 Å². The molecule has 0 spiro atoms. The first-order chi connectivity index (χ1) is 8.97. The van der Waals surface area contributed by atoms with Gasteiger partial charge in [0, 0.05) is 11.8 Å². The Balaban J connectivity index is 2.64. The fourth-order valence-corrected chi connectivity index (χ4v) is 2.80. The van der Waals surface area contributed by atoms with Crippen LogP contribution >= 0.6 is 11.8 Å². The predicted octanol–water partition coefficient (Wildman–Crippen LogP) is 4.26. The Hall–Kier alpha value is -0.470. The van der Waals surface area contributed by atoms with Gasteiger partial charge >= 0.3 is 0 Å². The maximum Gasteiger partial charge on any atom is 0.0198 e. The summed E-state index contributed by atoms with van der Waals surface area (Å²) in [5.41, 5.74) is 3.10. The molecule has 0 amide bonds. The minimum Gasteiger partial charge on any atom is -0.313 e. The van der Waals surface area contributed by atoms with Crippen molar-refractivity contribution in [3.63, 3.8) is 0 Å². The van der Waals surface area contributed by atoms with E-state index < -0.39 is 0 Å². The molecule has 0 saturated carbocycles. The van der Waals surface area contributed by atoms with E-state index in [1.807, 2.05) is 11.8 Å². The van der Waals surface area contributed by atoms with Crippen molar-refractivity contribution < 1.29 is 0 Å². The van der Waals surface area contributed by atoms with Crippen LogP contribution in [0.25, 0.3) is 0 Å². The van der Waals surface area contributed by atoms with Crippen LogP contribution in [0.15, 0.2) is 24.3 Å². The van der Waals surface area contributed by atoms with Gasteiger partial charge in [-0.3, -0.25) is 0 Å². The van der Waals surface area contributed by atoms with Crippen molar-refractivity contribution in [1.29, 1.82) is 0 Å². The number of nitrogens with one attached hydrogen (secondary N) is 1. The lowest BCUT2D eigenvalue weighted by Gasteiger charge is -2.21. The first-order valence-electron chi connectivity index (χ1n) is 7.29. The molecule has 0 fully saturated rings. The topological polar surface area (TPSA) is 12.0 Å². The molecule has 0 saturated heterocycles. The molecule has 0 aliphatic heterocycles. The molecule has 0 aliphatic carbocycles. The molecular weight excluding hydrogens is 250 g/mol. The summed E-state index contributed by atoms with van der Waals surface area (Å²) in [6.07, 6.45) is 4.52. The van der Waals surface area contributed by atoms with Gasteiger partial charge in [0.1, 0.15) is 0 Å². The zero-order valence-electron chi connectivity index (χ0n) is 13.1. The zero-order chi connectivity index (χ0) is 14.3.